The second-order valence-corrected chi connectivity index (χ2v) is 4.57. The Labute approximate surface area is 111 Å². The Kier molecular flexibility index (Phi) is 3.08. The SMILES string of the molecule is Cc1cc(-c2nc(N3CCOCC3)no2)ccc1N. The summed E-state index contributed by atoms with van der Waals surface area (Å²) in [5.41, 5.74) is 8.45. The molecule has 1 fully saturated rings. The molecule has 1 aromatic carbocycles. The lowest BCUT2D eigenvalue weighted by molar-refractivity contribution is 0.121. The van der Waals surface area contributed by atoms with Crippen molar-refractivity contribution in [1.29, 1.82) is 0 Å². The first-order chi connectivity index (χ1) is 9.24. The quantitative estimate of drug-likeness (QED) is 0.824. The van der Waals surface area contributed by atoms with E-state index in [4.69, 9.17) is 15.0 Å². The summed E-state index contributed by atoms with van der Waals surface area (Å²) in [6, 6.07) is 5.69. The normalized spacial score (nSPS) is 15.7. The van der Waals surface area contributed by atoms with Gasteiger partial charge in [0, 0.05) is 24.3 Å². The lowest BCUT2D eigenvalue weighted by atomic mass is 10.1. The Bertz CT molecular complexity index is 576. The standard InChI is InChI=1S/C13H16N4O2/c1-9-8-10(2-3-11(9)14)12-15-13(16-19-12)17-4-6-18-7-5-17/h2-3,8H,4-7,14H2,1H3. The van der Waals surface area contributed by atoms with E-state index in [2.05, 4.69) is 15.0 Å². The van der Waals surface area contributed by atoms with Gasteiger partial charge in [-0.2, -0.15) is 4.98 Å². The molecule has 0 bridgehead atoms. The Morgan fingerprint density at radius 3 is 2.79 bits per heavy atom. The second-order valence-electron chi connectivity index (χ2n) is 4.57. The fourth-order valence-corrected chi connectivity index (χ4v) is 2.03. The van der Waals surface area contributed by atoms with Crippen molar-refractivity contribution in [1.82, 2.24) is 10.1 Å². The van der Waals surface area contributed by atoms with Crippen molar-refractivity contribution in [2.75, 3.05) is 36.9 Å². The van der Waals surface area contributed by atoms with Crippen LogP contribution in [-0.2, 0) is 4.74 Å². The van der Waals surface area contributed by atoms with E-state index in [1.165, 1.54) is 0 Å². The van der Waals surface area contributed by atoms with E-state index in [0.29, 0.717) is 25.1 Å². The van der Waals surface area contributed by atoms with Crippen LogP contribution in [0.1, 0.15) is 5.56 Å². The molecule has 1 aliphatic rings. The number of nitrogens with two attached hydrogens (primary N) is 1. The number of ether oxygens (including phenoxy) is 1. The Hall–Kier alpha value is -2.08. The molecule has 19 heavy (non-hydrogen) atoms. The monoisotopic (exact) mass is 260 g/mol. The molecule has 2 heterocycles. The van der Waals surface area contributed by atoms with Gasteiger partial charge in [0.2, 0.25) is 0 Å². The molecular weight excluding hydrogens is 244 g/mol. The number of rotatable bonds is 2. The van der Waals surface area contributed by atoms with Crippen LogP contribution in [0.3, 0.4) is 0 Å². The molecule has 0 atom stereocenters. The molecule has 1 aromatic heterocycles. The highest BCUT2D eigenvalue weighted by Crippen LogP contribution is 2.24. The fraction of sp³-hybridized carbons (Fsp3) is 0.385. The van der Waals surface area contributed by atoms with Crippen molar-refractivity contribution in [2.45, 2.75) is 6.92 Å². The van der Waals surface area contributed by atoms with Gasteiger partial charge in [0.15, 0.2) is 0 Å². The summed E-state index contributed by atoms with van der Waals surface area (Å²) in [6.45, 7) is 4.94. The zero-order valence-electron chi connectivity index (χ0n) is 10.8. The number of benzene rings is 1. The summed E-state index contributed by atoms with van der Waals surface area (Å²) in [4.78, 5) is 6.48. The van der Waals surface area contributed by atoms with Crippen molar-refractivity contribution >= 4 is 11.6 Å². The second kappa shape index (κ2) is 4.89. The summed E-state index contributed by atoms with van der Waals surface area (Å²) in [7, 11) is 0. The van der Waals surface area contributed by atoms with Crippen LogP contribution in [-0.4, -0.2) is 36.4 Å². The van der Waals surface area contributed by atoms with Gasteiger partial charge in [0.25, 0.3) is 11.8 Å². The largest absolute Gasteiger partial charge is 0.399 e. The van der Waals surface area contributed by atoms with Crippen molar-refractivity contribution in [3.05, 3.63) is 23.8 Å². The Morgan fingerprint density at radius 1 is 1.26 bits per heavy atom. The summed E-state index contributed by atoms with van der Waals surface area (Å²) in [5.74, 6) is 1.14. The molecule has 6 nitrogen and oxygen atoms in total. The Morgan fingerprint density at radius 2 is 2.05 bits per heavy atom. The molecule has 0 aliphatic carbocycles. The van der Waals surface area contributed by atoms with Gasteiger partial charge in [0.1, 0.15) is 0 Å². The molecule has 1 saturated heterocycles. The molecule has 6 heteroatoms. The third kappa shape index (κ3) is 2.39. The lowest BCUT2D eigenvalue weighted by Gasteiger charge is -2.24. The third-order valence-corrected chi connectivity index (χ3v) is 3.23. The maximum absolute atomic E-state index is 5.80. The van der Waals surface area contributed by atoms with Gasteiger partial charge >= 0.3 is 0 Å². The van der Waals surface area contributed by atoms with Crippen LogP contribution in [0.15, 0.2) is 22.7 Å². The first kappa shape index (κ1) is 12.0. The molecule has 1 aliphatic heterocycles. The third-order valence-electron chi connectivity index (χ3n) is 3.23. The molecule has 0 amide bonds. The Balaban J connectivity index is 1.85. The van der Waals surface area contributed by atoms with Gasteiger partial charge in [0.05, 0.1) is 13.2 Å². The number of nitrogen functional groups attached to an aromatic ring is 1. The number of nitrogens with zero attached hydrogens (tertiary/aromatic N) is 3. The first-order valence-corrected chi connectivity index (χ1v) is 6.27. The van der Waals surface area contributed by atoms with Crippen LogP contribution in [0.4, 0.5) is 11.6 Å². The predicted octanol–water partition coefficient (Wildman–Crippen LogP) is 1.46. The van der Waals surface area contributed by atoms with E-state index in [-0.39, 0.29) is 0 Å². The van der Waals surface area contributed by atoms with Gasteiger partial charge in [-0.05, 0) is 35.8 Å². The van der Waals surface area contributed by atoms with E-state index in [1.807, 2.05) is 25.1 Å². The topological polar surface area (TPSA) is 77.4 Å². The molecule has 2 aromatic rings. The molecule has 100 valence electrons. The summed E-state index contributed by atoms with van der Waals surface area (Å²) >= 11 is 0. The van der Waals surface area contributed by atoms with E-state index in [9.17, 15) is 0 Å². The molecule has 0 saturated carbocycles. The van der Waals surface area contributed by atoms with Crippen LogP contribution < -0.4 is 10.6 Å². The van der Waals surface area contributed by atoms with Crippen LogP contribution in [0.25, 0.3) is 11.5 Å². The van der Waals surface area contributed by atoms with E-state index < -0.39 is 0 Å². The number of aromatic nitrogens is 2. The van der Waals surface area contributed by atoms with Crippen LogP contribution in [0.2, 0.25) is 0 Å². The number of hydrogen-bond donors (Lipinski definition) is 1. The maximum atomic E-state index is 5.80. The van der Waals surface area contributed by atoms with Crippen LogP contribution in [0.5, 0.6) is 0 Å². The zero-order valence-corrected chi connectivity index (χ0v) is 10.8. The molecule has 2 N–H and O–H groups in total. The van der Waals surface area contributed by atoms with E-state index in [1.54, 1.807) is 0 Å². The van der Waals surface area contributed by atoms with Crippen LogP contribution >= 0.6 is 0 Å². The summed E-state index contributed by atoms with van der Waals surface area (Å²) in [6.07, 6.45) is 0. The molecule has 0 radical (unpaired) electrons. The van der Waals surface area contributed by atoms with E-state index >= 15 is 0 Å². The van der Waals surface area contributed by atoms with Gasteiger partial charge in [-0.1, -0.05) is 0 Å². The van der Waals surface area contributed by atoms with Gasteiger partial charge in [-0.25, -0.2) is 0 Å². The molecule has 3 rings (SSSR count). The number of aryl methyl sites for hydroxylation is 1. The van der Waals surface area contributed by atoms with Crippen molar-refractivity contribution < 1.29 is 9.26 Å². The van der Waals surface area contributed by atoms with Crippen molar-refractivity contribution in [3.8, 4) is 11.5 Å². The number of morpholine rings is 1. The molecule has 0 unspecified atom stereocenters. The average molecular weight is 260 g/mol. The van der Waals surface area contributed by atoms with Gasteiger partial charge in [-0.15, -0.1) is 0 Å². The first-order valence-electron chi connectivity index (χ1n) is 6.27. The highest BCUT2D eigenvalue weighted by atomic mass is 16.5. The highest BCUT2D eigenvalue weighted by molar-refractivity contribution is 5.61. The molecular formula is C13H16N4O2. The van der Waals surface area contributed by atoms with Gasteiger partial charge in [-0.3, -0.25) is 0 Å². The minimum absolute atomic E-state index is 0.518. The number of anilines is 2. The van der Waals surface area contributed by atoms with Crippen molar-refractivity contribution in [3.63, 3.8) is 0 Å². The van der Waals surface area contributed by atoms with E-state index in [0.717, 1.165) is 29.9 Å². The minimum Gasteiger partial charge on any atom is -0.399 e. The highest BCUT2D eigenvalue weighted by Gasteiger charge is 2.17. The van der Waals surface area contributed by atoms with Gasteiger partial charge < -0.3 is 19.9 Å². The minimum atomic E-state index is 0.518. The zero-order chi connectivity index (χ0) is 13.2. The fourth-order valence-electron chi connectivity index (χ4n) is 2.03. The summed E-state index contributed by atoms with van der Waals surface area (Å²) in [5, 5.41) is 4.02. The maximum Gasteiger partial charge on any atom is 0.266 e. The lowest BCUT2D eigenvalue weighted by Crippen LogP contribution is -2.36. The van der Waals surface area contributed by atoms with Crippen molar-refractivity contribution in [2.24, 2.45) is 0 Å². The summed E-state index contributed by atoms with van der Waals surface area (Å²) < 4.78 is 10.6. The average Bonchev–Trinajstić information content (AvgIpc) is 2.93. The number of hydrogen-bond acceptors (Lipinski definition) is 6. The smallest absolute Gasteiger partial charge is 0.266 e. The van der Waals surface area contributed by atoms with Crippen LogP contribution in [0, 0.1) is 6.92 Å². The predicted molar refractivity (Wildman–Crippen MR) is 71.9 cm³/mol. The molecule has 0 spiro atoms.